The Hall–Kier alpha value is -2.29. The van der Waals surface area contributed by atoms with Crippen LogP contribution in [0, 0.1) is 13.8 Å². The second-order valence-electron chi connectivity index (χ2n) is 10.2. The molecule has 0 spiro atoms. The summed E-state index contributed by atoms with van der Waals surface area (Å²) < 4.78 is 26.8. The molecule has 0 radical (unpaired) electrons. The Labute approximate surface area is 236 Å². The van der Waals surface area contributed by atoms with Gasteiger partial charge in [0.25, 0.3) is 0 Å². The highest BCUT2D eigenvalue weighted by Gasteiger charge is 2.33. The van der Waals surface area contributed by atoms with E-state index >= 15 is 0 Å². The number of nitrogens with one attached hydrogen (secondary N) is 1. The number of amides is 2. The molecule has 0 bridgehead atoms. The molecule has 10 heteroatoms. The van der Waals surface area contributed by atoms with Gasteiger partial charge in [-0.15, -0.1) is 0 Å². The predicted molar refractivity (Wildman–Crippen MR) is 154 cm³/mol. The SMILES string of the molecule is CCC(C(=O)NC1CCCCC1)N(Cc1ccc(Cl)c(Cl)c1)C(=O)CN(c1cc(C)cc(C)c1)S(C)(=O)=O. The number of aryl methyl sites for hydroxylation is 2. The summed E-state index contributed by atoms with van der Waals surface area (Å²) in [6.07, 6.45) is 6.56. The van der Waals surface area contributed by atoms with Crippen LogP contribution < -0.4 is 9.62 Å². The van der Waals surface area contributed by atoms with Crippen molar-refractivity contribution in [1.82, 2.24) is 10.2 Å². The minimum Gasteiger partial charge on any atom is -0.352 e. The summed E-state index contributed by atoms with van der Waals surface area (Å²) in [5.74, 6) is -0.712. The van der Waals surface area contributed by atoms with Gasteiger partial charge >= 0.3 is 0 Å². The first kappa shape index (κ1) is 30.3. The molecule has 1 N–H and O–H groups in total. The van der Waals surface area contributed by atoms with Gasteiger partial charge in [0.2, 0.25) is 21.8 Å². The largest absolute Gasteiger partial charge is 0.352 e. The molecule has 2 amide bonds. The van der Waals surface area contributed by atoms with Crippen LogP contribution in [-0.2, 0) is 26.2 Å². The molecule has 0 saturated heterocycles. The van der Waals surface area contributed by atoms with Crippen molar-refractivity contribution in [3.8, 4) is 0 Å². The van der Waals surface area contributed by atoms with Crippen LogP contribution in [0.1, 0.15) is 62.1 Å². The molecule has 1 aliphatic carbocycles. The Balaban J connectivity index is 1.95. The number of carbonyl (C=O) groups excluding carboxylic acids is 2. The van der Waals surface area contributed by atoms with Gasteiger partial charge in [-0.25, -0.2) is 8.42 Å². The molecule has 2 aromatic rings. The highest BCUT2D eigenvalue weighted by Crippen LogP contribution is 2.26. The molecule has 2 aromatic carbocycles. The maximum absolute atomic E-state index is 13.9. The summed E-state index contributed by atoms with van der Waals surface area (Å²) >= 11 is 12.3. The standard InChI is InChI=1S/C28H37Cl2N3O4S/c1-5-26(28(35)31-22-9-7-6-8-10-22)32(17-21-11-12-24(29)25(30)16-21)27(34)18-33(38(4,36)37)23-14-19(2)13-20(3)15-23/h11-16,22,26H,5-10,17-18H2,1-4H3,(H,31,35). The normalized spacial score (nSPS) is 15.1. The highest BCUT2D eigenvalue weighted by atomic mass is 35.5. The zero-order chi connectivity index (χ0) is 28.0. The summed E-state index contributed by atoms with van der Waals surface area (Å²) in [6.45, 7) is 5.24. The van der Waals surface area contributed by atoms with E-state index in [0.717, 1.165) is 53.8 Å². The minimum absolute atomic E-state index is 0.0787. The fraction of sp³-hybridized carbons (Fsp3) is 0.500. The molecule has 7 nitrogen and oxygen atoms in total. The third-order valence-electron chi connectivity index (χ3n) is 6.85. The smallest absolute Gasteiger partial charge is 0.244 e. The van der Waals surface area contributed by atoms with Crippen molar-refractivity contribution >= 4 is 50.7 Å². The van der Waals surface area contributed by atoms with Crippen LogP contribution in [0.3, 0.4) is 0 Å². The van der Waals surface area contributed by atoms with E-state index in [0.29, 0.717) is 27.7 Å². The Kier molecular flexibility index (Phi) is 10.5. The second-order valence-corrected chi connectivity index (χ2v) is 12.9. The van der Waals surface area contributed by atoms with Crippen LogP contribution in [-0.4, -0.2) is 50.0 Å². The molecule has 1 saturated carbocycles. The Morgan fingerprint density at radius 1 is 1.00 bits per heavy atom. The molecule has 1 atom stereocenters. The molecule has 1 unspecified atom stereocenters. The molecular formula is C28H37Cl2N3O4S. The van der Waals surface area contributed by atoms with Gasteiger partial charge in [0.05, 0.1) is 22.0 Å². The Morgan fingerprint density at radius 3 is 2.18 bits per heavy atom. The molecule has 0 aliphatic heterocycles. The quantitative estimate of drug-likeness (QED) is 0.393. The number of benzene rings is 2. The lowest BCUT2D eigenvalue weighted by Crippen LogP contribution is -2.54. The van der Waals surface area contributed by atoms with E-state index < -0.39 is 28.5 Å². The van der Waals surface area contributed by atoms with Crippen molar-refractivity contribution in [3.63, 3.8) is 0 Å². The van der Waals surface area contributed by atoms with Gasteiger partial charge in [-0.2, -0.15) is 0 Å². The van der Waals surface area contributed by atoms with Gasteiger partial charge in [-0.3, -0.25) is 13.9 Å². The van der Waals surface area contributed by atoms with Crippen LogP contribution in [0.4, 0.5) is 5.69 Å². The number of nitrogens with zero attached hydrogens (tertiary/aromatic N) is 2. The van der Waals surface area contributed by atoms with Crippen LogP contribution in [0.5, 0.6) is 0 Å². The van der Waals surface area contributed by atoms with E-state index in [1.807, 2.05) is 26.8 Å². The van der Waals surface area contributed by atoms with Crippen LogP contribution in [0.15, 0.2) is 36.4 Å². The van der Waals surface area contributed by atoms with Crippen molar-refractivity contribution in [2.75, 3.05) is 17.1 Å². The first-order chi connectivity index (χ1) is 17.9. The molecule has 1 fully saturated rings. The number of sulfonamides is 1. The number of hydrogen-bond acceptors (Lipinski definition) is 4. The Morgan fingerprint density at radius 2 is 1.63 bits per heavy atom. The summed E-state index contributed by atoms with van der Waals surface area (Å²) in [5, 5.41) is 3.85. The average molecular weight is 583 g/mol. The van der Waals surface area contributed by atoms with Crippen molar-refractivity contribution in [1.29, 1.82) is 0 Å². The number of anilines is 1. The fourth-order valence-corrected chi connectivity index (χ4v) is 6.16. The number of carbonyl (C=O) groups is 2. The average Bonchev–Trinajstić information content (AvgIpc) is 2.83. The van der Waals surface area contributed by atoms with Crippen LogP contribution in [0.25, 0.3) is 0 Å². The maximum Gasteiger partial charge on any atom is 0.244 e. The van der Waals surface area contributed by atoms with E-state index in [1.54, 1.807) is 30.3 Å². The number of hydrogen-bond donors (Lipinski definition) is 1. The molecule has 38 heavy (non-hydrogen) atoms. The lowest BCUT2D eigenvalue weighted by molar-refractivity contribution is -0.140. The zero-order valence-corrected chi connectivity index (χ0v) is 24.8. The van der Waals surface area contributed by atoms with Crippen molar-refractivity contribution < 1.29 is 18.0 Å². The fourth-order valence-electron chi connectivity index (χ4n) is 5.01. The first-order valence-electron chi connectivity index (χ1n) is 13.0. The summed E-state index contributed by atoms with van der Waals surface area (Å²) in [7, 11) is -3.79. The molecular weight excluding hydrogens is 545 g/mol. The molecule has 3 rings (SSSR count). The lowest BCUT2D eigenvalue weighted by Gasteiger charge is -2.34. The van der Waals surface area contributed by atoms with Gasteiger partial charge in [0, 0.05) is 12.6 Å². The van der Waals surface area contributed by atoms with E-state index in [-0.39, 0.29) is 18.5 Å². The van der Waals surface area contributed by atoms with Crippen molar-refractivity contribution in [2.24, 2.45) is 0 Å². The molecule has 1 aliphatic rings. The van der Waals surface area contributed by atoms with Crippen molar-refractivity contribution in [3.05, 3.63) is 63.1 Å². The zero-order valence-electron chi connectivity index (χ0n) is 22.5. The van der Waals surface area contributed by atoms with Gasteiger partial charge in [0.15, 0.2) is 0 Å². The second kappa shape index (κ2) is 13.2. The topological polar surface area (TPSA) is 86.8 Å². The summed E-state index contributed by atoms with van der Waals surface area (Å²) in [6, 6.07) is 9.76. The van der Waals surface area contributed by atoms with Gasteiger partial charge < -0.3 is 10.2 Å². The van der Waals surface area contributed by atoms with E-state index in [9.17, 15) is 18.0 Å². The van der Waals surface area contributed by atoms with E-state index in [2.05, 4.69) is 5.32 Å². The first-order valence-corrected chi connectivity index (χ1v) is 15.6. The van der Waals surface area contributed by atoms with Crippen LogP contribution in [0.2, 0.25) is 10.0 Å². The summed E-state index contributed by atoms with van der Waals surface area (Å²) in [5.41, 5.74) is 2.86. The number of halogens is 2. The highest BCUT2D eigenvalue weighted by molar-refractivity contribution is 7.92. The van der Waals surface area contributed by atoms with Crippen LogP contribution >= 0.6 is 23.2 Å². The monoisotopic (exact) mass is 581 g/mol. The molecule has 208 valence electrons. The third-order valence-corrected chi connectivity index (χ3v) is 8.73. The molecule has 0 aromatic heterocycles. The maximum atomic E-state index is 13.9. The molecule has 0 heterocycles. The van der Waals surface area contributed by atoms with Gasteiger partial charge in [-0.05, 0) is 74.1 Å². The van der Waals surface area contributed by atoms with Gasteiger partial charge in [-0.1, -0.05) is 61.5 Å². The van der Waals surface area contributed by atoms with Gasteiger partial charge in [0.1, 0.15) is 12.6 Å². The minimum atomic E-state index is -3.79. The lowest BCUT2D eigenvalue weighted by atomic mass is 9.95. The van der Waals surface area contributed by atoms with E-state index in [1.165, 1.54) is 4.90 Å². The van der Waals surface area contributed by atoms with E-state index in [4.69, 9.17) is 23.2 Å². The Bertz CT molecular complexity index is 1240. The van der Waals surface area contributed by atoms with Crippen molar-refractivity contribution in [2.45, 2.75) is 77.9 Å². The third kappa shape index (κ3) is 8.10. The predicted octanol–water partition coefficient (Wildman–Crippen LogP) is 5.63. The summed E-state index contributed by atoms with van der Waals surface area (Å²) in [4.78, 5) is 28.8. The number of rotatable bonds is 10.